The fraction of sp³-hybridized carbons (Fsp3) is 0.636. The van der Waals surface area contributed by atoms with Crippen LogP contribution in [-0.2, 0) is 6.42 Å². The number of aryl methyl sites for hydroxylation is 1. The van der Waals surface area contributed by atoms with E-state index in [1.54, 1.807) is 0 Å². The monoisotopic (exact) mass is 227 g/mol. The van der Waals surface area contributed by atoms with Crippen LogP contribution in [0.5, 0.6) is 0 Å². The summed E-state index contributed by atoms with van der Waals surface area (Å²) in [6.45, 7) is 0. The van der Waals surface area contributed by atoms with Crippen molar-refractivity contribution >= 4 is 23.1 Å². The summed E-state index contributed by atoms with van der Waals surface area (Å²) in [6, 6.07) is 4.74. The molecule has 1 nitrogen and oxygen atoms in total. The van der Waals surface area contributed by atoms with Crippen molar-refractivity contribution in [3.63, 3.8) is 0 Å². The Hall–Kier alpha value is 0.01000. The van der Waals surface area contributed by atoms with E-state index in [1.165, 1.54) is 23.5 Å². The summed E-state index contributed by atoms with van der Waals surface area (Å²) in [5.41, 5.74) is 6.18. The van der Waals surface area contributed by atoms with Crippen molar-refractivity contribution in [2.75, 3.05) is 5.75 Å². The van der Waals surface area contributed by atoms with Gasteiger partial charge in [-0.05, 0) is 42.9 Å². The van der Waals surface area contributed by atoms with Crippen LogP contribution in [0.25, 0.3) is 0 Å². The normalized spacial score (nSPS) is 23.9. The molecule has 3 heteroatoms. The SMILES string of the molecule is NC(CCc1cccs1)C1CCCS1. The van der Waals surface area contributed by atoms with Gasteiger partial charge in [0.15, 0.2) is 0 Å². The Balaban J connectivity index is 1.74. The maximum atomic E-state index is 6.18. The standard InChI is InChI=1S/C11H17NS2/c12-10(11-4-2-8-14-11)6-5-9-3-1-7-13-9/h1,3,7,10-11H,2,4-6,8,12H2. The number of nitrogens with two attached hydrogens (primary N) is 1. The molecular weight excluding hydrogens is 210 g/mol. The molecule has 2 rings (SSSR count). The van der Waals surface area contributed by atoms with Gasteiger partial charge >= 0.3 is 0 Å². The van der Waals surface area contributed by atoms with E-state index in [0.717, 1.165) is 18.1 Å². The molecule has 0 aliphatic carbocycles. The Morgan fingerprint density at radius 3 is 3.14 bits per heavy atom. The van der Waals surface area contributed by atoms with Gasteiger partial charge in [0.1, 0.15) is 0 Å². The van der Waals surface area contributed by atoms with Crippen LogP contribution in [0.4, 0.5) is 0 Å². The summed E-state index contributed by atoms with van der Waals surface area (Å²) < 4.78 is 0. The molecule has 0 bridgehead atoms. The first-order chi connectivity index (χ1) is 6.86. The third kappa shape index (κ3) is 2.75. The van der Waals surface area contributed by atoms with E-state index < -0.39 is 0 Å². The molecule has 1 aliphatic rings. The largest absolute Gasteiger partial charge is 0.327 e. The Morgan fingerprint density at radius 1 is 1.57 bits per heavy atom. The van der Waals surface area contributed by atoms with Gasteiger partial charge in [0.05, 0.1) is 0 Å². The second kappa shape index (κ2) is 5.19. The topological polar surface area (TPSA) is 26.0 Å². The van der Waals surface area contributed by atoms with Gasteiger partial charge in [-0.2, -0.15) is 11.8 Å². The van der Waals surface area contributed by atoms with Gasteiger partial charge < -0.3 is 5.73 Å². The Kier molecular flexibility index (Phi) is 3.90. The lowest BCUT2D eigenvalue weighted by Crippen LogP contribution is -2.31. The molecule has 1 fully saturated rings. The van der Waals surface area contributed by atoms with E-state index in [4.69, 9.17) is 5.73 Å². The van der Waals surface area contributed by atoms with Gasteiger partial charge in [0.25, 0.3) is 0 Å². The third-order valence-electron chi connectivity index (χ3n) is 2.75. The first-order valence-electron chi connectivity index (χ1n) is 5.26. The van der Waals surface area contributed by atoms with E-state index in [-0.39, 0.29) is 0 Å². The zero-order valence-corrected chi connectivity index (χ0v) is 9.95. The summed E-state index contributed by atoms with van der Waals surface area (Å²) in [5, 5.41) is 2.88. The van der Waals surface area contributed by atoms with Gasteiger partial charge in [0.2, 0.25) is 0 Å². The Bertz CT molecular complexity index is 252. The number of hydrogen-bond acceptors (Lipinski definition) is 3. The molecule has 0 saturated carbocycles. The van der Waals surface area contributed by atoms with E-state index in [9.17, 15) is 0 Å². The van der Waals surface area contributed by atoms with Crippen LogP contribution >= 0.6 is 23.1 Å². The number of thiophene rings is 1. The molecule has 78 valence electrons. The second-order valence-electron chi connectivity index (χ2n) is 3.83. The van der Waals surface area contributed by atoms with Crippen molar-refractivity contribution in [1.29, 1.82) is 0 Å². The Morgan fingerprint density at radius 2 is 2.50 bits per heavy atom. The summed E-state index contributed by atoms with van der Waals surface area (Å²) in [5.74, 6) is 1.32. The lowest BCUT2D eigenvalue weighted by Gasteiger charge is -2.17. The van der Waals surface area contributed by atoms with Crippen molar-refractivity contribution in [3.8, 4) is 0 Å². The summed E-state index contributed by atoms with van der Waals surface area (Å²) in [4.78, 5) is 1.48. The lowest BCUT2D eigenvalue weighted by atomic mass is 10.1. The summed E-state index contributed by atoms with van der Waals surface area (Å²) in [6.07, 6.45) is 5.01. The van der Waals surface area contributed by atoms with Gasteiger partial charge in [-0.15, -0.1) is 11.3 Å². The van der Waals surface area contributed by atoms with E-state index in [1.807, 2.05) is 11.3 Å². The van der Waals surface area contributed by atoms with Gasteiger partial charge in [-0.1, -0.05) is 6.07 Å². The molecule has 0 amide bonds. The predicted molar refractivity (Wildman–Crippen MR) is 66.1 cm³/mol. The van der Waals surface area contributed by atoms with Crippen molar-refractivity contribution in [3.05, 3.63) is 22.4 Å². The van der Waals surface area contributed by atoms with Gasteiger partial charge in [0, 0.05) is 16.2 Å². The van der Waals surface area contributed by atoms with Crippen molar-refractivity contribution in [2.24, 2.45) is 5.73 Å². The molecule has 2 N–H and O–H groups in total. The molecule has 0 spiro atoms. The van der Waals surface area contributed by atoms with Crippen LogP contribution in [0, 0.1) is 0 Å². The third-order valence-corrected chi connectivity index (χ3v) is 5.22. The fourth-order valence-electron chi connectivity index (χ4n) is 1.89. The highest BCUT2D eigenvalue weighted by Gasteiger charge is 2.22. The van der Waals surface area contributed by atoms with E-state index in [0.29, 0.717) is 6.04 Å². The average molecular weight is 227 g/mol. The average Bonchev–Trinajstić information content (AvgIpc) is 2.87. The highest BCUT2D eigenvalue weighted by Crippen LogP contribution is 2.29. The molecule has 1 aliphatic heterocycles. The number of rotatable bonds is 4. The molecular formula is C11H17NS2. The highest BCUT2D eigenvalue weighted by atomic mass is 32.2. The first kappa shape index (κ1) is 10.5. The van der Waals surface area contributed by atoms with Crippen LogP contribution in [-0.4, -0.2) is 17.0 Å². The first-order valence-corrected chi connectivity index (χ1v) is 7.18. The Labute approximate surface area is 94.1 Å². The van der Waals surface area contributed by atoms with Crippen LogP contribution in [0.15, 0.2) is 17.5 Å². The molecule has 1 aromatic heterocycles. The quantitative estimate of drug-likeness (QED) is 0.856. The van der Waals surface area contributed by atoms with Gasteiger partial charge in [-0.25, -0.2) is 0 Å². The van der Waals surface area contributed by atoms with E-state index in [2.05, 4.69) is 29.3 Å². The minimum absolute atomic E-state index is 0.407. The molecule has 14 heavy (non-hydrogen) atoms. The number of thioether (sulfide) groups is 1. The molecule has 1 aromatic rings. The van der Waals surface area contributed by atoms with Crippen LogP contribution in [0.3, 0.4) is 0 Å². The minimum Gasteiger partial charge on any atom is -0.327 e. The zero-order valence-electron chi connectivity index (χ0n) is 8.32. The molecule has 2 atom stereocenters. The fourth-order valence-corrected chi connectivity index (χ4v) is 3.97. The molecule has 1 saturated heterocycles. The van der Waals surface area contributed by atoms with Gasteiger partial charge in [-0.3, -0.25) is 0 Å². The van der Waals surface area contributed by atoms with Crippen molar-refractivity contribution in [1.82, 2.24) is 0 Å². The maximum absolute atomic E-state index is 6.18. The molecule has 0 aromatic carbocycles. The maximum Gasteiger partial charge on any atom is 0.0199 e. The lowest BCUT2D eigenvalue weighted by molar-refractivity contribution is 0.572. The molecule has 0 radical (unpaired) electrons. The summed E-state index contributed by atoms with van der Waals surface area (Å²) >= 11 is 3.91. The highest BCUT2D eigenvalue weighted by molar-refractivity contribution is 8.00. The smallest absolute Gasteiger partial charge is 0.0199 e. The van der Waals surface area contributed by atoms with E-state index >= 15 is 0 Å². The van der Waals surface area contributed by atoms with Crippen molar-refractivity contribution in [2.45, 2.75) is 37.0 Å². The minimum atomic E-state index is 0.407. The van der Waals surface area contributed by atoms with Crippen LogP contribution in [0.1, 0.15) is 24.1 Å². The predicted octanol–water partition coefficient (Wildman–Crippen LogP) is 2.90. The van der Waals surface area contributed by atoms with Crippen molar-refractivity contribution < 1.29 is 0 Å². The summed E-state index contributed by atoms with van der Waals surface area (Å²) in [7, 11) is 0. The van der Waals surface area contributed by atoms with Crippen LogP contribution < -0.4 is 5.73 Å². The van der Waals surface area contributed by atoms with Crippen LogP contribution in [0.2, 0.25) is 0 Å². The second-order valence-corrected chi connectivity index (χ2v) is 6.21. The molecule has 2 heterocycles. The zero-order chi connectivity index (χ0) is 9.80. The molecule has 2 unspecified atom stereocenters. The number of hydrogen-bond donors (Lipinski definition) is 1.